The summed E-state index contributed by atoms with van der Waals surface area (Å²) in [6.45, 7) is 0. The van der Waals surface area contributed by atoms with Crippen molar-refractivity contribution in [1.29, 1.82) is 0 Å². The molecule has 1 fully saturated rings. The minimum absolute atomic E-state index is 0.0418. The van der Waals surface area contributed by atoms with Gasteiger partial charge >= 0.3 is 11.9 Å². The number of carbonyl (C=O) groups is 1. The van der Waals surface area contributed by atoms with Crippen molar-refractivity contribution in [1.82, 2.24) is 14.9 Å². The highest BCUT2D eigenvalue weighted by Gasteiger charge is 2.44. The first kappa shape index (κ1) is 20.4. The van der Waals surface area contributed by atoms with Gasteiger partial charge in [-0.2, -0.15) is 8.78 Å². The second-order valence-corrected chi connectivity index (χ2v) is 9.34. The molecule has 9 heteroatoms. The summed E-state index contributed by atoms with van der Waals surface area (Å²) in [6.07, 6.45) is 5.89. The van der Waals surface area contributed by atoms with E-state index in [0.717, 1.165) is 41.0 Å². The Morgan fingerprint density at radius 1 is 1.28 bits per heavy atom. The number of halogens is 2. The van der Waals surface area contributed by atoms with Crippen LogP contribution in [-0.2, 0) is 11.2 Å². The zero-order chi connectivity index (χ0) is 20.8. The first-order valence-corrected chi connectivity index (χ1v) is 10.8. The van der Waals surface area contributed by atoms with Gasteiger partial charge in [-0.3, -0.25) is 0 Å². The normalized spacial score (nSPS) is 24.8. The second kappa shape index (κ2) is 7.75. The molecular formula is C20H25F2N3O3S. The molecular weight excluding hydrogens is 400 g/mol. The van der Waals surface area contributed by atoms with Crippen molar-refractivity contribution in [2.75, 3.05) is 14.1 Å². The van der Waals surface area contributed by atoms with Gasteiger partial charge in [0.05, 0.1) is 5.39 Å². The van der Waals surface area contributed by atoms with Crippen LogP contribution in [0.1, 0.15) is 54.9 Å². The number of thiophene rings is 1. The van der Waals surface area contributed by atoms with E-state index in [1.165, 1.54) is 17.7 Å². The van der Waals surface area contributed by atoms with E-state index in [2.05, 4.69) is 29.0 Å². The molecule has 0 spiro atoms. The predicted molar refractivity (Wildman–Crippen MR) is 106 cm³/mol. The third-order valence-electron chi connectivity index (χ3n) is 6.16. The Bertz CT molecular complexity index is 910. The zero-order valence-corrected chi connectivity index (χ0v) is 17.3. The maximum absolute atomic E-state index is 13.9. The lowest BCUT2D eigenvalue weighted by Crippen LogP contribution is -2.35. The van der Waals surface area contributed by atoms with Gasteiger partial charge < -0.3 is 14.7 Å². The van der Waals surface area contributed by atoms with Crippen LogP contribution < -0.4 is 4.74 Å². The fourth-order valence-corrected chi connectivity index (χ4v) is 5.80. The molecule has 1 saturated carbocycles. The van der Waals surface area contributed by atoms with Crippen LogP contribution >= 0.6 is 11.3 Å². The molecule has 6 nitrogen and oxygen atoms in total. The number of carboxylic acids is 1. The van der Waals surface area contributed by atoms with E-state index in [9.17, 15) is 13.6 Å². The third kappa shape index (κ3) is 3.94. The van der Waals surface area contributed by atoms with E-state index >= 15 is 0 Å². The van der Waals surface area contributed by atoms with Crippen molar-refractivity contribution in [3.05, 3.63) is 16.8 Å². The monoisotopic (exact) mass is 425 g/mol. The molecule has 0 bridgehead atoms. The molecule has 2 aromatic rings. The molecule has 158 valence electrons. The maximum atomic E-state index is 13.9. The molecule has 0 aromatic carbocycles. The van der Waals surface area contributed by atoms with Crippen LogP contribution in [0.15, 0.2) is 6.33 Å². The zero-order valence-electron chi connectivity index (χ0n) is 16.5. The Labute approximate surface area is 171 Å². The molecule has 2 heterocycles. The van der Waals surface area contributed by atoms with E-state index in [1.807, 2.05) is 0 Å². The smallest absolute Gasteiger partial charge is 0.374 e. The molecule has 1 atom stereocenters. The summed E-state index contributed by atoms with van der Waals surface area (Å²) < 4.78 is 34.1. The van der Waals surface area contributed by atoms with Crippen LogP contribution in [0, 0.1) is 0 Å². The first-order valence-electron chi connectivity index (χ1n) is 9.97. The molecule has 0 radical (unpaired) electrons. The number of hydrogen-bond acceptors (Lipinski definition) is 6. The van der Waals surface area contributed by atoms with Gasteiger partial charge in [-0.15, -0.1) is 11.3 Å². The van der Waals surface area contributed by atoms with Crippen molar-refractivity contribution in [3.8, 4) is 5.88 Å². The average molecular weight is 426 g/mol. The van der Waals surface area contributed by atoms with Gasteiger partial charge in [-0.25, -0.2) is 14.8 Å². The summed E-state index contributed by atoms with van der Waals surface area (Å²) in [7, 11) is 4.17. The van der Waals surface area contributed by atoms with Crippen molar-refractivity contribution in [2.45, 2.75) is 68.9 Å². The number of aromatic nitrogens is 2. The summed E-state index contributed by atoms with van der Waals surface area (Å²) in [5, 5.41) is 9.54. The first-order chi connectivity index (χ1) is 13.8. The molecule has 1 N–H and O–H groups in total. The van der Waals surface area contributed by atoms with Gasteiger partial charge in [0.1, 0.15) is 17.3 Å². The van der Waals surface area contributed by atoms with Gasteiger partial charge in [0.25, 0.3) is 0 Å². The lowest BCUT2D eigenvalue weighted by Gasteiger charge is -2.32. The van der Waals surface area contributed by atoms with E-state index in [4.69, 9.17) is 9.84 Å². The van der Waals surface area contributed by atoms with Gasteiger partial charge in [0.15, 0.2) is 0 Å². The number of hydrogen-bond donors (Lipinski definition) is 1. The third-order valence-corrected chi connectivity index (χ3v) is 7.34. The Morgan fingerprint density at radius 2 is 2.00 bits per heavy atom. The highest BCUT2D eigenvalue weighted by Crippen LogP contribution is 2.49. The highest BCUT2D eigenvalue weighted by atomic mass is 32.1. The fourth-order valence-electron chi connectivity index (χ4n) is 4.57. The largest absolute Gasteiger partial charge is 0.477 e. The van der Waals surface area contributed by atoms with Crippen LogP contribution in [0.3, 0.4) is 0 Å². The second-order valence-electron chi connectivity index (χ2n) is 8.26. The molecule has 0 unspecified atom stereocenters. The quantitative estimate of drug-likeness (QED) is 0.752. The average Bonchev–Trinajstić information content (AvgIpc) is 3.22. The molecule has 0 saturated heterocycles. The molecule has 2 aliphatic rings. The molecule has 2 aliphatic carbocycles. The van der Waals surface area contributed by atoms with Gasteiger partial charge in [0, 0.05) is 17.3 Å². The molecule has 0 aliphatic heterocycles. The summed E-state index contributed by atoms with van der Waals surface area (Å²) >= 11 is 1.47. The van der Waals surface area contributed by atoms with Crippen LogP contribution in [0.2, 0.25) is 0 Å². The van der Waals surface area contributed by atoms with Crippen LogP contribution in [0.4, 0.5) is 8.78 Å². The fraction of sp³-hybridized carbons (Fsp3) is 0.650. The lowest BCUT2D eigenvalue weighted by molar-refractivity contribution is -0.166. The van der Waals surface area contributed by atoms with Gasteiger partial charge in [-0.05, 0) is 64.1 Å². The Hall–Kier alpha value is -1.87. The van der Waals surface area contributed by atoms with Crippen molar-refractivity contribution < 1.29 is 23.4 Å². The molecule has 0 amide bonds. The van der Waals surface area contributed by atoms with Crippen LogP contribution in [-0.4, -0.2) is 58.1 Å². The number of fused-ring (bicyclic) bond motifs is 3. The number of nitrogens with zero attached hydrogens (tertiary/aromatic N) is 3. The van der Waals surface area contributed by atoms with Crippen molar-refractivity contribution in [2.24, 2.45) is 0 Å². The number of ether oxygens (including phenoxy) is 1. The van der Waals surface area contributed by atoms with Crippen LogP contribution in [0.25, 0.3) is 10.2 Å². The number of rotatable bonds is 6. The predicted octanol–water partition coefficient (Wildman–Crippen LogP) is 4.08. The van der Waals surface area contributed by atoms with Crippen molar-refractivity contribution in [3.63, 3.8) is 0 Å². The molecule has 2 aromatic heterocycles. The van der Waals surface area contributed by atoms with E-state index < -0.39 is 24.2 Å². The highest BCUT2D eigenvalue weighted by molar-refractivity contribution is 7.19. The Morgan fingerprint density at radius 3 is 2.66 bits per heavy atom. The number of aliphatic carboxylic acids is 1. The number of carboxylic acid groups (broad SMARTS) is 1. The lowest BCUT2D eigenvalue weighted by atomic mass is 9.92. The molecule has 4 rings (SSSR count). The minimum Gasteiger partial charge on any atom is -0.477 e. The summed E-state index contributed by atoms with van der Waals surface area (Å²) in [4.78, 5) is 23.5. The van der Waals surface area contributed by atoms with Gasteiger partial charge in [-0.1, -0.05) is 0 Å². The maximum Gasteiger partial charge on any atom is 0.374 e. The van der Waals surface area contributed by atoms with E-state index in [-0.39, 0.29) is 6.10 Å². The Balaban J connectivity index is 1.60. The van der Waals surface area contributed by atoms with Crippen molar-refractivity contribution >= 4 is 27.5 Å². The Kier molecular flexibility index (Phi) is 5.46. The van der Waals surface area contributed by atoms with E-state index in [0.29, 0.717) is 30.1 Å². The van der Waals surface area contributed by atoms with Crippen LogP contribution in [0.5, 0.6) is 5.88 Å². The van der Waals surface area contributed by atoms with Gasteiger partial charge in [0.2, 0.25) is 5.88 Å². The summed E-state index contributed by atoms with van der Waals surface area (Å²) in [5.74, 6) is -5.90. The topological polar surface area (TPSA) is 75.5 Å². The SMILES string of the molecule is CN(C)C1CCC(Oc2ncnc3sc4c(c23)[C@@H](CC(F)(F)C(=O)O)CC4)CC1. The summed E-state index contributed by atoms with van der Waals surface area (Å²) in [6, 6.07) is 0.549. The molecule has 29 heavy (non-hydrogen) atoms. The number of aryl methyl sites for hydroxylation is 1. The minimum atomic E-state index is -3.75. The summed E-state index contributed by atoms with van der Waals surface area (Å²) in [5.41, 5.74) is 0.767. The van der Waals surface area contributed by atoms with E-state index in [1.54, 1.807) is 0 Å². The number of alkyl halides is 2. The standard InChI is InChI=1S/C20H25F2N3O3S/c1-25(2)12-4-6-13(7-5-12)28-17-16-15-11(9-20(21,22)19(26)27)3-8-14(15)29-18(16)24-10-23-17/h10-13H,3-9H2,1-2H3,(H,26,27)/t11-,12?,13?/m1/s1.